The van der Waals surface area contributed by atoms with Crippen molar-refractivity contribution in [2.24, 2.45) is 0 Å². The Balaban J connectivity index is 1.51. The molecule has 4 rings (SSSR count). The molecular formula is C27H28N4O2S. The molecule has 34 heavy (non-hydrogen) atoms. The van der Waals surface area contributed by atoms with Crippen molar-refractivity contribution in [2.45, 2.75) is 38.5 Å². The van der Waals surface area contributed by atoms with Gasteiger partial charge in [0.25, 0.3) is 0 Å². The van der Waals surface area contributed by atoms with Gasteiger partial charge in [-0.2, -0.15) is 0 Å². The van der Waals surface area contributed by atoms with Crippen molar-refractivity contribution in [1.29, 1.82) is 0 Å². The summed E-state index contributed by atoms with van der Waals surface area (Å²) in [7, 11) is 0. The van der Waals surface area contributed by atoms with Crippen LogP contribution < -0.4 is 10.1 Å². The first-order valence-electron chi connectivity index (χ1n) is 11.2. The predicted molar refractivity (Wildman–Crippen MR) is 137 cm³/mol. The van der Waals surface area contributed by atoms with Gasteiger partial charge in [-0.05, 0) is 48.7 Å². The van der Waals surface area contributed by atoms with Crippen LogP contribution in [0, 0.1) is 6.92 Å². The maximum absolute atomic E-state index is 12.8. The SMILES string of the molecule is Cc1ccc(-n2c(COc3ccccc3)nnc2SCC(=O)Nc2ccccc2C(C)C)cc1. The first kappa shape index (κ1) is 23.6. The number of anilines is 1. The van der Waals surface area contributed by atoms with Crippen LogP contribution in [0.1, 0.15) is 36.7 Å². The fourth-order valence-electron chi connectivity index (χ4n) is 3.54. The number of aromatic nitrogens is 3. The van der Waals surface area contributed by atoms with Crippen molar-refractivity contribution in [1.82, 2.24) is 14.8 Å². The van der Waals surface area contributed by atoms with Gasteiger partial charge in [0.05, 0.1) is 5.75 Å². The minimum atomic E-state index is -0.0846. The lowest BCUT2D eigenvalue weighted by Gasteiger charge is -2.14. The largest absolute Gasteiger partial charge is 0.486 e. The number of hydrogen-bond donors (Lipinski definition) is 1. The highest BCUT2D eigenvalue weighted by Crippen LogP contribution is 2.26. The third-order valence-electron chi connectivity index (χ3n) is 5.29. The van der Waals surface area contributed by atoms with Crippen LogP contribution in [-0.2, 0) is 11.4 Å². The lowest BCUT2D eigenvalue weighted by Crippen LogP contribution is -2.16. The first-order chi connectivity index (χ1) is 16.5. The van der Waals surface area contributed by atoms with Gasteiger partial charge in [-0.15, -0.1) is 10.2 Å². The molecule has 0 aliphatic heterocycles. The van der Waals surface area contributed by atoms with Gasteiger partial charge in [-0.25, -0.2) is 0 Å². The smallest absolute Gasteiger partial charge is 0.234 e. The number of amides is 1. The zero-order valence-corrected chi connectivity index (χ0v) is 20.4. The number of ether oxygens (including phenoxy) is 1. The maximum Gasteiger partial charge on any atom is 0.234 e. The van der Waals surface area contributed by atoms with E-state index < -0.39 is 0 Å². The van der Waals surface area contributed by atoms with E-state index in [0.717, 1.165) is 28.3 Å². The number of nitrogens with one attached hydrogen (secondary N) is 1. The van der Waals surface area contributed by atoms with Crippen LogP contribution in [0.4, 0.5) is 5.69 Å². The molecule has 0 spiro atoms. The minimum absolute atomic E-state index is 0.0846. The molecule has 1 N–H and O–H groups in total. The molecule has 7 heteroatoms. The van der Waals surface area contributed by atoms with Crippen LogP contribution in [0.3, 0.4) is 0 Å². The van der Waals surface area contributed by atoms with Gasteiger partial charge in [0.1, 0.15) is 12.4 Å². The number of benzene rings is 3. The molecule has 1 heterocycles. The zero-order chi connectivity index (χ0) is 23.9. The first-order valence-corrected chi connectivity index (χ1v) is 12.2. The summed E-state index contributed by atoms with van der Waals surface area (Å²) in [6.45, 7) is 6.54. The monoisotopic (exact) mass is 472 g/mol. The zero-order valence-electron chi connectivity index (χ0n) is 19.6. The molecule has 0 aliphatic rings. The molecule has 6 nitrogen and oxygen atoms in total. The van der Waals surface area contributed by atoms with Gasteiger partial charge in [0.2, 0.25) is 5.91 Å². The molecular weight excluding hydrogens is 444 g/mol. The van der Waals surface area contributed by atoms with E-state index in [9.17, 15) is 4.79 Å². The molecule has 1 aromatic heterocycles. The number of carbonyl (C=O) groups excluding carboxylic acids is 1. The summed E-state index contributed by atoms with van der Waals surface area (Å²) in [6.07, 6.45) is 0. The molecule has 0 bridgehead atoms. The van der Waals surface area contributed by atoms with Crippen molar-refractivity contribution >= 4 is 23.4 Å². The fourth-order valence-corrected chi connectivity index (χ4v) is 4.31. The Labute approximate surface area is 204 Å². The average molecular weight is 473 g/mol. The van der Waals surface area contributed by atoms with Crippen LogP contribution in [0.5, 0.6) is 5.75 Å². The predicted octanol–water partition coefficient (Wildman–Crippen LogP) is 6.01. The number of aryl methyl sites for hydroxylation is 1. The van der Waals surface area contributed by atoms with Gasteiger partial charge in [0.15, 0.2) is 11.0 Å². The molecule has 0 saturated carbocycles. The molecule has 0 aliphatic carbocycles. The number of para-hydroxylation sites is 2. The summed E-state index contributed by atoms with van der Waals surface area (Å²) in [6, 6.07) is 25.6. The van der Waals surface area contributed by atoms with Crippen molar-refractivity contribution in [3.63, 3.8) is 0 Å². The highest BCUT2D eigenvalue weighted by atomic mass is 32.2. The Morgan fingerprint density at radius 1 is 0.971 bits per heavy atom. The lowest BCUT2D eigenvalue weighted by molar-refractivity contribution is -0.113. The lowest BCUT2D eigenvalue weighted by atomic mass is 10.0. The van der Waals surface area contributed by atoms with E-state index in [-0.39, 0.29) is 18.3 Å². The molecule has 0 radical (unpaired) electrons. The van der Waals surface area contributed by atoms with Gasteiger partial charge in [-0.3, -0.25) is 9.36 Å². The summed E-state index contributed by atoms with van der Waals surface area (Å²) in [5.41, 5.74) is 4.05. The van der Waals surface area contributed by atoms with E-state index in [4.69, 9.17) is 4.74 Å². The summed E-state index contributed by atoms with van der Waals surface area (Å²) < 4.78 is 7.87. The van der Waals surface area contributed by atoms with Crippen LogP contribution in [0.25, 0.3) is 5.69 Å². The number of nitrogens with zero attached hydrogens (tertiary/aromatic N) is 3. The van der Waals surface area contributed by atoms with Gasteiger partial charge in [0, 0.05) is 11.4 Å². The number of rotatable bonds is 9. The number of thioether (sulfide) groups is 1. The second kappa shape index (κ2) is 11.0. The van der Waals surface area contributed by atoms with Crippen LogP contribution >= 0.6 is 11.8 Å². The normalized spacial score (nSPS) is 10.9. The summed E-state index contributed by atoms with van der Waals surface area (Å²) in [5, 5.41) is 12.4. The molecule has 174 valence electrons. The number of hydrogen-bond acceptors (Lipinski definition) is 5. The third-order valence-corrected chi connectivity index (χ3v) is 6.22. The second-order valence-corrected chi connectivity index (χ2v) is 9.19. The fraction of sp³-hybridized carbons (Fsp3) is 0.222. The van der Waals surface area contributed by atoms with Crippen molar-refractivity contribution in [2.75, 3.05) is 11.1 Å². The quantitative estimate of drug-likeness (QED) is 0.302. The summed E-state index contributed by atoms with van der Waals surface area (Å²) in [5.74, 6) is 1.88. The van der Waals surface area contributed by atoms with E-state index in [1.165, 1.54) is 11.8 Å². The second-order valence-electron chi connectivity index (χ2n) is 8.25. The van der Waals surface area contributed by atoms with Gasteiger partial charge >= 0.3 is 0 Å². The van der Waals surface area contributed by atoms with E-state index >= 15 is 0 Å². The van der Waals surface area contributed by atoms with E-state index in [1.807, 2.05) is 90.4 Å². The minimum Gasteiger partial charge on any atom is -0.486 e. The molecule has 0 unspecified atom stereocenters. The number of carbonyl (C=O) groups is 1. The molecule has 0 fully saturated rings. The summed E-state index contributed by atoms with van der Waals surface area (Å²) in [4.78, 5) is 12.8. The standard InChI is InChI=1S/C27H28N4O2S/c1-19(2)23-11-7-8-12-24(23)28-26(32)18-34-27-30-29-25(17-33-22-9-5-4-6-10-22)31(27)21-15-13-20(3)14-16-21/h4-16,19H,17-18H2,1-3H3,(H,28,32). The van der Waals surface area contributed by atoms with Gasteiger partial charge < -0.3 is 10.1 Å². The van der Waals surface area contributed by atoms with Gasteiger partial charge in [-0.1, -0.05) is 79.7 Å². The average Bonchev–Trinajstić information content (AvgIpc) is 3.25. The van der Waals surface area contributed by atoms with Crippen molar-refractivity contribution in [3.8, 4) is 11.4 Å². The molecule has 0 saturated heterocycles. The van der Waals surface area contributed by atoms with E-state index in [2.05, 4.69) is 29.4 Å². The third kappa shape index (κ3) is 5.85. The Kier molecular flexibility index (Phi) is 7.65. The molecule has 3 aromatic carbocycles. The molecule has 1 amide bonds. The molecule has 4 aromatic rings. The Morgan fingerprint density at radius 3 is 2.41 bits per heavy atom. The highest BCUT2D eigenvalue weighted by Gasteiger charge is 2.17. The van der Waals surface area contributed by atoms with Crippen molar-refractivity contribution in [3.05, 3.63) is 95.8 Å². The van der Waals surface area contributed by atoms with Crippen LogP contribution in [0.2, 0.25) is 0 Å². The van der Waals surface area contributed by atoms with E-state index in [0.29, 0.717) is 16.9 Å². The van der Waals surface area contributed by atoms with Crippen LogP contribution in [-0.4, -0.2) is 26.4 Å². The Hall–Kier alpha value is -3.58. The maximum atomic E-state index is 12.8. The Bertz CT molecular complexity index is 1240. The topological polar surface area (TPSA) is 69.0 Å². The van der Waals surface area contributed by atoms with E-state index in [1.54, 1.807) is 0 Å². The molecule has 0 atom stereocenters. The summed E-state index contributed by atoms with van der Waals surface area (Å²) >= 11 is 1.35. The Morgan fingerprint density at radius 2 is 1.68 bits per heavy atom. The van der Waals surface area contributed by atoms with Crippen molar-refractivity contribution < 1.29 is 9.53 Å². The van der Waals surface area contributed by atoms with Crippen LogP contribution in [0.15, 0.2) is 84.0 Å². The highest BCUT2D eigenvalue weighted by molar-refractivity contribution is 7.99.